The average Bonchev–Trinajstić information content (AvgIpc) is 2.95. The first-order valence-electron chi connectivity index (χ1n) is 8.91. The first-order chi connectivity index (χ1) is 12.4. The summed E-state index contributed by atoms with van der Waals surface area (Å²) in [6.45, 7) is 0. The fraction of sp³-hybridized carbons (Fsp3) is 0.238. The van der Waals surface area contributed by atoms with Crippen LogP contribution >= 0.6 is 0 Å². The number of fused-ring (bicyclic) bond motifs is 4. The van der Waals surface area contributed by atoms with E-state index in [1.165, 1.54) is 0 Å². The van der Waals surface area contributed by atoms with Gasteiger partial charge < -0.3 is 0 Å². The minimum Gasteiger partial charge on any atom is -0.249 e. The molecule has 2 bridgehead atoms. The summed E-state index contributed by atoms with van der Waals surface area (Å²) >= 11 is 0. The van der Waals surface area contributed by atoms with E-state index in [-0.39, 0.29) is 11.8 Å². The van der Waals surface area contributed by atoms with Crippen LogP contribution in [-0.2, 0) is 0 Å². The van der Waals surface area contributed by atoms with E-state index in [4.69, 9.17) is 19.9 Å². The molecule has 3 aliphatic rings. The highest BCUT2D eigenvalue weighted by Crippen LogP contribution is 2.48. The van der Waals surface area contributed by atoms with Gasteiger partial charge in [-0.1, -0.05) is 30.7 Å². The number of hydrogen-bond acceptors (Lipinski definition) is 4. The van der Waals surface area contributed by atoms with E-state index in [0.717, 1.165) is 64.1 Å². The molecule has 0 spiro atoms. The van der Waals surface area contributed by atoms with Crippen LogP contribution in [-0.4, -0.2) is 19.9 Å². The molecular weight excluding hydrogens is 308 g/mol. The van der Waals surface area contributed by atoms with Crippen LogP contribution < -0.4 is 0 Å². The average molecular weight is 324 g/mol. The minimum absolute atomic E-state index is 0.220. The third kappa shape index (κ3) is 1.82. The van der Waals surface area contributed by atoms with Gasteiger partial charge in [0.25, 0.3) is 0 Å². The number of nitrogens with zero attached hydrogens (tertiary/aromatic N) is 4. The molecule has 0 saturated heterocycles. The van der Waals surface area contributed by atoms with Gasteiger partial charge in [-0.2, -0.15) is 0 Å². The Morgan fingerprint density at radius 3 is 1.16 bits per heavy atom. The zero-order valence-electron chi connectivity index (χ0n) is 13.7. The van der Waals surface area contributed by atoms with Gasteiger partial charge in [-0.3, -0.25) is 0 Å². The van der Waals surface area contributed by atoms with Gasteiger partial charge in [0.1, 0.15) is 0 Å². The fourth-order valence-corrected chi connectivity index (χ4v) is 4.41. The minimum atomic E-state index is 0.220. The molecule has 0 radical (unpaired) electrons. The lowest BCUT2D eigenvalue weighted by Gasteiger charge is -2.27. The molecule has 4 nitrogen and oxygen atoms in total. The van der Waals surface area contributed by atoms with Crippen molar-refractivity contribution in [1.29, 1.82) is 0 Å². The number of para-hydroxylation sites is 4. The number of benzene rings is 2. The van der Waals surface area contributed by atoms with E-state index in [1.807, 2.05) is 48.5 Å². The molecule has 0 aliphatic heterocycles. The van der Waals surface area contributed by atoms with Crippen LogP contribution in [0.2, 0.25) is 0 Å². The molecule has 2 heterocycles. The Hall–Kier alpha value is -2.88. The highest BCUT2D eigenvalue weighted by molar-refractivity contribution is 5.77. The number of rotatable bonds is 0. The Labute approximate surface area is 145 Å². The molecule has 0 fully saturated rings. The van der Waals surface area contributed by atoms with Crippen molar-refractivity contribution in [3.05, 3.63) is 71.3 Å². The summed E-state index contributed by atoms with van der Waals surface area (Å²) in [5, 5.41) is 0. The lowest BCUT2D eigenvalue weighted by molar-refractivity contribution is 0.654. The van der Waals surface area contributed by atoms with Crippen molar-refractivity contribution in [3.63, 3.8) is 0 Å². The second-order valence-electron chi connectivity index (χ2n) is 7.00. The molecule has 3 aliphatic carbocycles. The second-order valence-corrected chi connectivity index (χ2v) is 7.00. The van der Waals surface area contributed by atoms with E-state index in [2.05, 4.69) is 0 Å². The van der Waals surface area contributed by atoms with Gasteiger partial charge >= 0.3 is 0 Å². The molecule has 0 amide bonds. The third-order valence-electron chi connectivity index (χ3n) is 5.56. The van der Waals surface area contributed by atoms with Gasteiger partial charge in [0.15, 0.2) is 0 Å². The standard InChI is InChI=1S/C21H16N4/c1-2-9-15-14(8-1)22-18-12-6-5-7-13(19(18)23-15)21-20(12)24-16-10-3-4-11-17(16)25-21/h1-4,8-13H,5-7H2. The van der Waals surface area contributed by atoms with Crippen LogP contribution in [0.25, 0.3) is 22.1 Å². The summed E-state index contributed by atoms with van der Waals surface area (Å²) in [7, 11) is 0. The van der Waals surface area contributed by atoms with Crippen LogP contribution in [0.1, 0.15) is 53.9 Å². The predicted molar refractivity (Wildman–Crippen MR) is 96.6 cm³/mol. The largest absolute Gasteiger partial charge is 0.249 e. The molecule has 0 N–H and O–H groups in total. The Morgan fingerprint density at radius 2 is 0.840 bits per heavy atom. The summed E-state index contributed by atoms with van der Waals surface area (Å²) in [5.41, 5.74) is 8.40. The Kier molecular flexibility index (Phi) is 2.59. The van der Waals surface area contributed by atoms with Crippen molar-refractivity contribution in [2.75, 3.05) is 0 Å². The van der Waals surface area contributed by atoms with Gasteiger partial charge in [-0.15, -0.1) is 0 Å². The summed E-state index contributed by atoms with van der Waals surface area (Å²) < 4.78 is 0. The summed E-state index contributed by atoms with van der Waals surface area (Å²) in [4.78, 5) is 20.0. The fourth-order valence-electron chi connectivity index (χ4n) is 4.41. The second kappa shape index (κ2) is 4.82. The van der Waals surface area contributed by atoms with Crippen molar-refractivity contribution in [2.45, 2.75) is 31.1 Å². The number of hydrogen-bond donors (Lipinski definition) is 0. The lowest BCUT2D eigenvalue weighted by atomic mass is 9.84. The van der Waals surface area contributed by atoms with E-state index < -0.39 is 0 Å². The first-order valence-corrected chi connectivity index (χ1v) is 8.91. The van der Waals surface area contributed by atoms with Crippen LogP contribution in [0.3, 0.4) is 0 Å². The maximum absolute atomic E-state index is 5.01. The van der Waals surface area contributed by atoms with Gasteiger partial charge in [0, 0.05) is 11.8 Å². The molecule has 25 heavy (non-hydrogen) atoms. The van der Waals surface area contributed by atoms with Gasteiger partial charge in [-0.05, 0) is 37.1 Å². The van der Waals surface area contributed by atoms with Crippen molar-refractivity contribution < 1.29 is 0 Å². The van der Waals surface area contributed by atoms with E-state index >= 15 is 0 Å². The maximum Gasteiger partial charge on any atom is 0.0890 e. The summed E-state index contributed by atoms with van der Waals surface area (Å²) in [6.07, 6.45) is 3.32. The van der Waals surface area contributed by atoms with Crippen LogP contribution in [0.15, 0.2) is 48.5 Å². The van der Waals surface area contributed by atoms with Crippen LogP contribution in [0.4, 0.5) is 0 Å². The van der Waals surface area contributed by atoms with Crippen molar-refractivity contribution in [2.24, 2.45) is 0 Å². The van der Waals surface area contributed by atoms with Gasteiger partial charge in [0.2, 0.25) is 0 Å². The smallest absolute Gasteiger partial charge is 0.0890 e. The van der Waals surface area contributed by atoms with Crippen molar-refractivity contribution >= 4 is 22.1 Å². The molecule has 4 heteroatoms. The van der Waals surface area contributed by atoms with E-state index in [0.29, 0.717) is 0 Å². The topological polar surface area (TPSA) is 51.6 Å². The maximum atomic E-state index is 5.01. The lowest BCUT2D eigenvalue weighted by Crippen LogP contribution is -2.21. The highest BCUT2D eigenvalue weighted by atomic mass is 14.9. The van der Waals surface area contributed by atoms with Crippen molar-refractivity contribution in [3.8, 4) is 0 Å². The third-order valence-corrected chi connectivity index (χ3v) is 5.56. The summed E-state index contributed by atoms with van der Waals surface area (Å²) in [6, 6.07) is 16.3. The molecule has 0 unspecified atom stereocenters. The summed E-state index contributed by atoms with van der Waals surface area (Å²) in [5.74, 6) is 0.441. The molecule has 7 rings (SSSR count). The molecule has 0 saturated carbocycles. The van der Waals surface area contributed by atoms with Gasteiger partial charge in [-0.25, -0.2) is 19.9 Å². The quantitative estimate of drug-likeness (QED) is 0.483. The Bertz CT molecular complexity index is 975. The Balaban J connectivity index is 1.68. The monoisotopic (exact) mass is 324 g/mol. The molecule has 120 valence electrons. The Morgan fingerprint density at radius 1 is 0.520 bits per heavy atom. The molecule has 0 atom stereocenters. The molecule has 4 aromatic rings. The molecular formula is C21H16N4. The van der Waals surface area contributed by atoms with Gasteiger partial charge in [0.05, 0.1) is 44.8 Å². The zero-order chi connectivity index (χ0) is 16.4. The van der Waals surface area contributed by atoms with E-state index in [1.54, 1.807) is 0 Å². The SMILES string of the molecule is c1ccc2nc3c(nc2c1)C1CCCC3c2nc3ccccc3nc21. The highest BCUT2D eigenvalue weighted by Gasteiger charge is 2.40. The normalized spacial score (nSPS) is 21.1. The van der Waals surface area contributed by atoms with Crippen molar-refractivity contribution in [1.82, 2.24) is 19.9 Å². The zero-order valence-corrected chi connectivity index (χ0v) is 13.7. The van der Waals surface area contributed by atoms with Crippen LogP contribution in [0.5, 0.6) is 0 Å². The first kappa shape index (κ1) is 13.4. The number of aromatic nitrogens is 4. The predicted octanol–water partition coefficient (Wildman–Crippen LogP) is 4.33. The molecule has 2 aromatic heterocycles. The molecule has 2 aromatic carbocycles. The van der Waals surface area contributed by atoms with E-state index in [9.17, 15) is 0 Å². The van der Waals surface area contributed by atoms with Crippen LogP contribution in [0, 0.1) is 0 Å².